The van der Waals surface area contributed by atoms with Crippen LogP contribution in [-0.2, 0) is 10.3 Å². The molecule has 8 nitrogen and oxygen atoms in total. The van der Waals surface area contributed by atoms with E-state index in [-0.39, 0.29) is 17.9 Å². The number of rotatable bonds is 14. The Kier molecular flexibility index (Phi) is 12.1. The molecule has 216 valence electrons. The summed E-state index contributed by atoms with van der Waals surface area (Å²) >= 11 is 0. The number of aliphatic hydroxyl groups excluding tert-OH is 1. The number of ether oxygens (including phenoxy) is 2. The van der Waals surface area contributed by atoms with Gasteiger partial charge in [0.05, 0.1) is 17.7 Å². The minimum Gasteiger partial charge on any atom is -0.457 e. The first kappa shape index (κ1) is 30.9. The molecule has 1 fully saturated rings. The van der Waals surface area contributed by atoms with E-state index in [2.05, 4.69) is 10.6 Å². The number of amides is 2. The molecule has 4 atom stereocenters. The summed E-state index contributed by atoms with van der Waals surface area (Å²) in [6.07, 6.45) is 3.04. The maximum Gasteiger partial charge on any atom is 0.317 e. The molecule has 2 amide bonds. The molecule has 1 aliphatic rings. The van der Waals surface area contributed by atoms with E-state index < -0.39 is 17.7 Å². The zero-order chi connectivity index (χ0) is 28.3. The van der Waals surface area contributed by atoms with Gasteiger partial charge in [0.15, 0.2) is 0 Å². The van der Waals surface area contributed by atoms with Gasteiger partial charge in [-0.1, -0.05) is 50.2 Å². The first-order valence-electron chi connectivity index (χ1n) is 14.2. The fourth-order valence-corrected chi connectivity index (χ4v) is 5.47. The zero-order valence-corrected chi connectivity index (χ0v) is 23.9. The van der Waals surface area contributed by atoms with Crippen LogP contribution in [0, 0.1) is 11.8 Å². The third-order valence-corrected chi connectivity index (χ3v) is 7.69. The van der Waals surface area contributed by atoms with Crippen LogP contribution in [0.1, 0.15) is 51.5 Å². The van der Waals surface area contributed by atoms with E-state index in [1.165, 1.54) is 0 Å². The van der Waals surface area contributed by atoms with Crippen molar-refractivity contribution < 1.29 is 24.5 Å². The van der Waals surface area contributed by atoms with E-state index in [1.54, 1.807) is 12.0 Å². The van der Waals surface area contributed by atoms with Crippen LogP contribution in [-0.4, -0.2) is 73.7 Å². The number of hydrogen-bond acceptors (Lipinski definition) is 6. The number of aliphatic hydroxyl groups is 2. The lowest BCUT2D eigenvalue weighted by Crippen LogP contribution is -2.57. The predicted octanol–water partition coefficient (Wildman–Crippen LogP) is 4.51. The van der Waals surface area contributed by atoms with Gasteiger partial charge in [-0.05, 0) is 63.3 Å². The van der Waals surface area contributed by atoms with Gasteiger partial charge < -0.3 is 35.2 Å². The van der Waals surface area contributed by atoms with Crippen molar-refractivity contribution in [3.63, 3.8) is 0 Å². The number of nitrogens with one attached hydrogen (secondary N) is 2. The van der Waals surface area contributed by atoms with Gasteiger partial charge >= 0.3 is 6.03 Å². The molecule has 0 unspecified atom stereocenters. The van der Waals surface area contributed by atoms with Crippen LogP contribution >= 0.6 is 0 Å². The van der Waals surface area contributed by atoms with Gasteiger partial charge in [0.1, 0.15) is 11.5 Å². The summed E-state index contributed by atoms with van der Waals surface area (Å²) in [7, 11) is 3.49. The molecule has 2 aromatic carbocycles. The molecule has 0 bridgehead atoms. The Bertz CT molecular complexity index is 1000. The Morgan fingerprint density at radius 3 is 2.54 bits per heavy atom. The fraction of sp³-hybridized carbons (Fsp3) is 0.581. The molecule has 0 spiro atoms. The van der Waals surface area contributed by atoms with E-state index in [0.29, 0.717) is 44.2 Å². The number of unbranched alkanes of at least 4 members (excludes halogenated alkanes) is 1. The Hall–Kier alpha value is -2.65. The third-order valence-electron chi connectivity index (χ3n) is 7.69. The lowest BCUT2D eigenvalue weighted by Gasteiger charge is -2.43. The summed E-state index contributed by atoms with van der Waals surface area (Å²) in [5.74, 6) is 1.15. The molecule has 1 heterocycles. The number of benzene rings is 2. The quantitative estimate of drug-likeness (QED) is 0.263. The second-order valence-corrected chi connectivity index (χ2v) is 10.9. The Labute approximate surface area is 233 Å². The molecular weight excluding hydrogens is 494 g/mol. The molecule has 0 saturated carbocycles. The van der Waals surface area contributed by atoms with Crippen molar-refractivity contribution in [3.05, 3.63) is 60.2 Å². The van der Waals surface area contributed by atoms with Crippen LogP contribution in [0.15, 0.2) is 54.6 Å². The number of urea groups is 1. The minimum atomic E-state index is -1.19. The van der Waals surface area contributed by atoms with Crippen molar-refractivity contribution >= 4 is 6.03 Å². The lowest BCUT2D eigenvalue weighted by molar-refractivity contribution is -0.0577. The van der Waals surface area contributed by atoms with Crippen molar-refractivity contribution in [2.75, 3.05) is 40.4 Å². The van der Waals surface area contributed by atoms with Crippen molar-refractivity contribution in [2.45, 2.75) is 63.7 Å². The number of methoxy groups -OCH3 is 1. The second kappa shape index (κ2) is 15.2. The average molecular weight is 542 g/mol. The summed E-state index contributed by atoms with van der Waals surface area (Å²) in [5, 5.41) is 29.2. The van der Waals surface area contributed by atoms with Gasteiger partial charge in [-0.15, -0.1) is 0 Å². The number of carbonyl (C=O) groups is 1. The van der Waals surface area contributed by atoms with E-state index in [4.69, 9.17) is 9.47 Å². The Balaban J connectivity index is 1.85. The number of likely N-dealkylation sites (tertiary alicyclic amines) is 1. The SMILES string of the molecule is CNC[C@@H](NC(=O)N1CCC[C@@H]([C@@](O)(CCCCOC)c2ccccc2Oc2ccccc2)C1)[C@H](O)C(C)C. The van der Waals surface area contributed by atoms with Gasteiger partial charge in [-0.2, -0.15) is 0 Å². The summed E-state index contributed by atoms with van der Waals surface area (Å²) in [5.41, 5.74) is -0.457. The standard InChI is InChI=1S/C31H47N3O5/c1-23(2)29(35)27(21-32-3)33-30(36)34-19-12-13-24(22-34)31(37,18-10-11-20-38-4)26-16-8-9-17-28(26)39-25-14-6-5-7-15-25/h5-9,14-17,23-24,27,29,32,35,37H,10-13,18-22H2,1-4H3,(H,33,36)/t24-,27-,29-,31+/m1/s1. The minimum absolute atomic E-state index is 0.0102. The summed E-state index contributed by atoms with van der Waals surface area (Å²) in [6, 6.07) is 16.6. The molecule has 0 radical (unpaired) electrons. The average Bonchev–Trinajstić information content (AvgIpc) is 2.95. The molecule has 8 heteroatoms. The van der Waals surface area contributed by atoms with Gasteiger partial charge in [0, 0.05) is 44.8 Å². The second-order valence-electron chi connectivity index (χ2n) is 10.9. The molecule has 4 N–H and O–H groups in total. The highest BCUT2D eigenvalue weighted by atomic mass is 16.5. The van der Waals surface area contributed by atoms with E-state index in [0.717, 1.165) is 31.2 Å². The number of piperidine rings is 1. The van der Waals surface area contributed by atoms with Gasteiger partial charge in [0.2, 0.25) is 0 Å². The zero-order valence-electron chi connectivity index (χ0n) is 23.9. The Morgan fingerprint density at radius 2 is 1.85 bits per heavy atom. The van der Waals surface area contributed by atoms with E-state index in [1.807, 2.05) is 75.5 Å². The van der Waals surface area contributed by atoms with Gasteiger partial charge in [-0.25, -0.2) is 4.79 Å². The number of carbonyl (C=O) groups excluding carboxylic acids is 1. The van der Waals surface area contributed by atoms with Crippen LogP contribution in [0.5, 0.6) is 11.5 Å². The summed E-state index contributed by atoms with van der Waals surface area (Å²) in [6.45, 7) is 5.99. The monoisotopic (exact) mass is 541 g/mol. The largest absolute Gasteiger partial charge is 0.457 e. The third kappa shape index (κ3) is 8.42. The van der Waals surface area contributed by atoms with Gasteiger partial charge in [-0.3, -0.25) is 0 Å². The first-order chi connectivity index (χ1) is 18.8. The smallest absolute Gasteiger partial charge is 0.317 e. The lowest BCUT2D eigenvalue weighted by atomic mass is 9.73. The van der Waals surface area contributed by atoms with Crippen LogP contribution in [0.4, 0.5) is 4.79 Å². The molecule has 0 aliphatic carbocycles. The van der Waals surface area contributed by atoms with Crippen molar-refractivity contribution in [3.8, 4) is 11.5 Å². The Morgan fingerprint density at radius 1 is 1.13 bits per heavy atom. The highest BCUT2D eigenvalue weighted by Crippen LogP contribution is 2.44. The van der Waals surface area contributed by atoms with Gasteiger partial charge in [0.25, 0.3) is 0 Å². The summed E-state index contributed by atoms with van der Waals surface area (Å²) in [4.78, 5) is 15.2. The number of para-hydroxylation sites is 2. The molecule has 39 heavy (non-hydrogen) atoms. The van der Waals surface area contributed by atoms with Crippen LogP contribution < -0.4 is 15.4 Å². The fourth-order valence-electron chi connectivity index (χ4n) is 5.47. The van der Waals surface area contributed by atoms with Crippen LogP contribution in [0.3, 0.4) is 0 Å². The maximum absolute atomic E-state index is 13.4. The predicted molar refractivity (Wildman–Crippen MR) is 154 cm³/mol. The highest BCUT2D eigenvalue weighted by molar-refractivity contribution is 5.74. The van der Waals surface area contributed by atoms with Crippen molar-refractivity contribution in [2.24, 2.45) is 11.8 Å². The van der Waals surface area contributed by atoms with Crippen LogP contribution in [0.2, 0.25) is 0 Å². The maximum atomic E-state index is 13.4. The van der Waals surface area contributed by atoms with E-state index in [9.17, 15) is 15.0 Å². The highest BCUT2D eigenvalue weighted by Gasteiger charge is 2.43. The summed E-state index contributed by atoms with van der Waals surface area (Å²) < 4.78 is 11.5. The van der Waals surface area contributed by atoms with Crippen molar-refractivity contribution in [1.29, 1.82) is 0 Å². The molecule has 1 saturated heterocycles. The number of nitrogens with zero attached hydrogens (tertiary/aromatic N) is 1. The molecule has 3 rings (SSSR count). The molecular formula is C31H47N3O5. The normalized spacial score (nSPS) is 18.8. The van der Waals surface area contributed by atoms with Crippen LogP contribution in [0.25, 0.3) is 0 Å². The number of likely N-dealkylation sites (N-methyl/N-ethyl adjacent to an activating group) is 1. The van der Waals surface area contributed by atoms with E-state index >= 15 is 0 Å². The molecule has 1 aliphatic heterocycles. The molecule has 2 aromatic rings. The first-order valence-corrected chi connectivity index (χ1v) is 14.2. The topological polar surface area (TPSA) is 103 Å². The number of hydrogen-bond donors (Lipinski definition) is 4. The van der Waals surface area contributed by atoms with Crippen molar-refractivity contribution in [1.82, 2.24) is 15.5 Å². The molecule has 0 aromatic heterocycles.